The smallest absolute Gasteiger partial charge is 0.192 e. The average molecular weight is 274 g/mol. The lowest BCUT2D eigenvalue weighted by atomic mass is 9.88. The summed E-state index contributed by atoms with van der Waals surface area (Å²) in [4.78, 5) is 8.90. The van der Waals surface area contributed by atoms with Crippen LogP contribution in [0.1, 0.15) is 23.6 Å². The van der Waals surface area contributed by atoms with Crippen molar-refractivity contribution in [3.8, 4) is 0 Å². The molecule has 0 saturated heterocycles. The van der Waals surface area contributed by atoms with Crippen molar-refractivity contribution in [1.29, 1.82) is 0 Å². The number of rotatable bonds is 4. The van der Waals surface area contributed by atoms with Crippen molar-refractivity contribution < 1.29 is 0 Å². The van der Waals surface area contributed by atoms with Gasteiger partial charge in [0.25, 0.3) is 0 Å². The van der Waals surface area contributed by atoms with Crippen LogP contribution in [0.4, 0.5) is 0 Å². The third-order valence-electron chi connectivity index (χ3n) is 4.04. The Morgan fingerprint density at radius 3 is 2.40 bits per heavy atom. The quantitative estimate of drug-likeness (QED) is 0.909. The summed E-state index contributed by atoms with van der Waals surface area (Å²) >= 11 is 0. The second-order valence-electron chi connectivity index (χ2n) is 6.28. The summed E-state index contributed by atoms with van der Waals surface area (Å²) < 4.78 is 0. The predicted molar refractivity (Wildman–Crippen MR) is 85.0 cm³/mol. The Balaban J connectivity index is 2.31. The van der Waals surface area contributed by atoms with Crippen molar-refractivity contribution in [3.63, 3.8) is 0 Å². The second-order valence-corrected chi connectivity index (χ2v) is 6.28. The third kappa shape index (κ3) is 2.80. The molecule has 1 aliphatic heterocycles. The molecule has 1 heterocycles. The van der Waals surface area contributed by atoms with Crippen LogP contribution in [0, 0.1) is 13.8 Å². The fourth-order valence-corrected chi connectivity index (χ4v) is 2.85. The van der Waals surface area contributed by atoms with Gasteiger partial charge in [0.2, 0.25) is 0 Å². The minimum Gasteiger partial charge on any atom is -0.370 e. The molecule has 20 heavy (non-hydrogen) atoms. The Morgan fingerprint density at radius 2 is 1.85 bits per heavy atom. The number of aliphatic imine (C=N–C) groups is 1. The largest absolute Gasteiger partial charge is 0.370 e. The zero-order valence-electron chi connectivity index (χ0n) is 13.3. The standard InChI is InChI=1S/C16H26N4/c1-12-8-13(2)10-14(9-12)16(3)11-18-15(17)20(16)7-6-19(4)5/h8-10H,6-7,11H2,1-5H3,(H2,17,18). The lowest BCUT2D eigenvalue weighted by Crippen LogP contribution is -2.49. The van der Waals surface area contributed by atoms with E-state index in [4.69, 9.17) is 5.73 Å². The van der Waals surface area contributed by atoms with Crippen molar-refractivity contribution in [2.45, 2.75) is 26.3 Å². The van der Waals surface area contributed by atoms with E-state index in [-0.39, 0.29) is 5.54 Å². The van der Waals surface area contributed by atoms with Crippen LogP contribution >= 0.6 is 0 Å². The molecular weight excluding hydrogens is 248 g/mol. The van der Waals surface area contributed by atoms with E-state index in [0.717, 1.165) is 19.6 Å². The first-order chi connectivity index (χ1) is 9.33. The van der Waals surface area contributed by atoms with Gasteiger partial charge < -0.3 is 15.5 Å². The summed E-state index contributed by atoms with van der Waals surface area (Å²) in [5, 5.41) is 0. The van der Waals surface area contributed by atoms with Crippen LogP contribution < -0.4 is 5.73 Å². The fourth-order valence-electron chi connectivity index (χ4n) is 2.85. The van der Waals surface area contributed by atoms with Crippen LogP contribution in [0.15, 0.2) is 23.2 Å². The molecule has 0 bridgehead atoms. The van der Waals surface area contributed by atoms with Gasteiger partial charge in [0.1, 0.15) is 0 Å². The minimum atomic E-state index is -0.128. The summed E-state index contributed by atoms with van der Waals surface area (Å²) in [6, 6.07) is 6.71. The molecule has 110 valence electrons. The first-order valence-electron chi connectivity index (χ1n) is 7.14. The first-order valence-corrected chi connectivity index (χ1v) is 7.14. The molecule has 4 heteroatoms. The SMILES string of the molecule is Cc1cc(C)cc(C2(C)CN=C(N)N2CCN(C)C)c1. The molecule has 0 aliphatic carbocycles. The second kappa shape index (κ2) is 5.44. The molecule has 0 radical (unpaired) electrons. The number of nitrogens with two attached hydrogens (primary N) is 1. The van der Waals surface area contributed by atoms with Gasteiger partial charge in [-0.25, -0.2) is 0 Å². The number of nitrogens with zero attached hydrogens (tertiary/aromatic N) is 3. The number of likely N-dealkylation sites (N-methyl/N-ethyl adjacent to an activating group) is 1. The zero-order valence-corrected chi connectivity index (χ0v) is 13.3. The van der Waals surface area contributed by atoms with Gasteiger partial charge in [-0.15, -0.1) is 0 Å². The number of guanidine groups is 1. The van der Waals surface area contributed by atoms with Gasteiger partial charge in [0.05, 0.1) is 12.1 Å². The van der Waals surface area contributed by atoms with Crippen molar-refractivity contribution in [2.75, 3.05) is 33.7 Å². The Morgan fingerprint density at radius 1 is 1.25 bits per heavy atom. The van der Waals surface area contributed by atoms with Gasteiger partial charge in [-0.05, 0) is 40.4 Å². The highest BCUT2D eigenvalue weighted by atomic mass is 15.4. The van der Waals surface area contributed by atoms with Crippen LogP contribution in [-0.4, -0.2) is 49.5 Å². The van der Waals surface area contributed by atoms with Crippen LogP contribution in [-0.2, 0) is 5.54 Å². The van der Waals surface area contributed by atoms with E-state index in [1.165, 1.54) is 16.7 Å². The van der Waals surface area contributed by atoms with Crippen LogP contribution in [0.25, 0.3) is 0 Å². The molecule has 0 aromatic heterocycles. The molecule has 2 rings (SSSR count). The van der Waals surface area contributed by atoms with Gasteiger partial charge >= 0.3 is 0 Å². The van der Waals surface area contributed by atoms with Gasteiger partial charge in [0, 0.05) is 13.1 Å². The van der Waals surface area contributed by atoms with Crippen LogP contribution in [0.5, 0.6) is 0 Å². The molecule has 4 nitrogen and oxygen atoms in total. The van der Waals surface area contributed by atoms with E-state index in [1.54, 1.807) is 0 Å². The highest BCUT2D eigenvalue weighted by molar-refractivity contribution is 5.81. The highest BCUT2D eigenvalue weighted by Crippen LogP contribution is 2.33. The molecule has 0 spiro atoms. The summed E-state index contributed by atoms with van der Waals surface area (Å²) in [7, 11) is 4.16. The number of hydrogen-bond donors (Lipinski definition) is 1. The fraction of sp³-hybridized carbons (Fsp3) is 0.562. The van der Waals surface area contributed by atoms with E-state index in [2.05, 4.69) is 67.9 Å². The maximum atomic E-state index is 6.11. The molecule has 0 saturated carbocycles. The summed E-state index contributed by atoms with van der Waals surface area (Å²) in [5.74, 6) is 0.661. The van der Waals surface area contributed by atoms with Crippen LogP contribution in [0.3, 0.4) is 0 Å². The highest BCUT2D eigenvalue weighted by Gasteiger charge is 2.39. The Hall–Kier alpha value is -1.55. The molecular formula is C16H26N4. The Kier molecular flexibility index (Phi) is 4.04. The van der Waals surface area contributed by atoms with Crippen LogP contribution in [0.2, 0.25) is 0 Å². The molecule has 2 N–H and O–H groups in total. The summed E-state index contributed by atoms with van der Waals surface area (Å²) in [6.07, 6.45) is 0. The minimum absolute atomic E-state index is 0.128. The maximum absolute atomic E-state index is 6.11. The lowest BCUT2D eigenvalue weighted by molar-refractivity contribution is 0.205. The molecule has 1 atom stereocenters. The van der Waals surface area contributed by atoms with Crippen molar-refractivity contribution in [2.24, 2.45) is 10.7 Å². The Labute approximate surface area is 122 Å². The summed E-state index contributed by atoms with van der Waals surface area (Å²) in [5.41, 5.74) is 9.87. The van der Waals surface area contributed by atoms with Crippen molar-refractivity contribution >= 4 is 5.96 Å². The van der Waals surface area contributed by atoms with Gasteiger partial charge in [-0.2, -0.15) is 0 Å². The third-order valence-corrected chi connectivity index (χ3v) is 4.04. The maximum Gasteiger partial charge on any atom is 0.192 e. The van der Waals surface area contributed by atoms with Crippen molar-refractivity contribution in [3.05, 3.63) is 34.9 Å². The Bertz CT molecular complexity index is 501. The molecule has 1 aromatic carbocycles. The molecule has 0 fully saturated rings. The number of benzene rings is 1. The van der Waals surface area contributed by atoms with Gasteiger partial charge in [-0.3, -0.25) is 4.99 Å². The van der Waals surface area contributed by atoms with E-state index in [1.807, 2.05) is 0 Å². The average Bonchev–Trinajstić information content (AvgIpc) is 2.63. The molecule has 1 aromatic rings. The summed E-state index contributed by atoms with van der Waals surface area (Å²) in [6.45, 7) is 9.12. The molecule has 0 amide bonds. The van der Waals surface area contributed by atoms with Gasteiger partial charge in [-0.1, -0.05) is 29.3 Å². The normalized spacial score (nSPS) is 22.5. The van der Waals surface area contributed by atoms with E-state index >= 15 is 0 Å². The topological polar surface area (TPSA) is 44.9 Å². The van der Waals surface area contributed by atoms with E-state index < -0.39 is 0 Å². The number of aryl methyl sites for hydroxylation is 2. The monoisotopic (exact) mass is 274 g/mol. The molecule has 1 unspecified atom stereocenters. The molecule has 1 aliphatic rings. The lowest BCUT2D eigenvalue weighted by Gasteiger charge is -2.37. The van der Waals surface area contributed by atoms with Gasteiger partial charge in [0.15, 0.2) is 5.96 Å². The van der Waals surface area contributed by atoms with E-state index in [9.17, 15) is 0 Å². The zero-order chi connectivity index (χ0) is 14.9. The predicted octanol–water partition coefficient (Wildman–Crippen LogP) is 1.71. The first kappa shape index (κ1) is 14.9. The van der Waals surface area contributed by atoms with Crippen molar-refractivity contribution in [1.82, 2.24) is 9.80 Å². The number of hydrogen-bond acceptors (Lipinski definition) is 4. The van der Waals surface area contributed by atoms with E-state index in [0.29, 0.717) is 5.96 Å².